The van der Waals surface area contributed by atoms with E-state index < -0.39 is 0 Å². The van der Waals surface area contributed by atoms with Gasteiger partial charge in [-0.25, -0.2) is 0 Å². The van der Waals surface area contributed by atoms with Crippen molar-refractivity contribution >= 4 is 5.69 Å². The number of hydrogen-bond donors (Lipinski definition) is 1. The van der Waals surface area contributed by atoms with Crippen molar-refractivity contribution in [1.82, 2.24) is 0 Å². The van der Waals surface area contributed by atoms with Crippen molar-refractivity contribution < 1.29 is 9.47 Å². The van der Waals surface area contributed by atoms with Crippen LogP contribution in [-0.4, -0.2) is 20.3 Å². The van der Waals surface area contributed by atoms with Crippen LogP contribution in [0.25, 0.3) is 0 Å². The second-order valence-electron chi connectivity index (χ2n) is 6.08. The molecule has 0 unspecified atom stereocenters. The van der Waals surface area contributed by atoms with Crippen LogP contribution in [0, 0.1) is 5.92 Å². The molecule has 0 amide bonds. The molecule has 3 nitrogen and oxygen atoms in total. The van der Waals surface area contributed by atoms with Crippen molar-refractivity contribution in [2.45, 2.75) is 26.7 Å². The van der Waals surface area contributed by atoms with Gasteiger partial charge in [0.25, 0.3) is 0 Å². The molecule has 23 heavy (non-hydrogen) atoms. The van der Waals surface area contributed by atoms with Crippen molar-refractivity contribution in [3.8, 4) is 11.5 Å². The molecule has 0 aromatic heterocycles. The van der Waals surface area contributed by atoms with E-state index >= 15 is 0 Å². The lowest BCUT2D eigenvalue weighted by Gasteiger charge is -2.10. The first-order valence-electron chi connectivity index (χ1n) is 8.27. The highest BCUT2D eigenvalue weighted by Gasteiger charge is 1.99. The average molecular weight is 313 g/mol. The molecule has 0 atom stereocenters. The number of ether oxygens (including phenoxy) is 2. The Balaban J connectivity index is 1.72. The minimum atomic E-state index is 0.675. The molecular weight excluding hydrogens is 286 g/mol. The van der Waals surface area contributed by atoms with Crippen LogP contribution >= 0.6 is 0 Å². The summed E-state index contributed by atoms with van der Waals surface area (Å²) in [5.74, 6) is 2.51. The molecule has 0 spiro atoms. The van der Waals surface area contributed by atoms with E-state index in [4.69, 9.17) is 9.47 Å². The van der Waals surface area contributed by atoms with E-state index in [0.717, 1.165) is 43.2 Å². The smallest absolute Gasteiger partial charge is 0.119 e. The van der Waals surface area contributed by atoms with Crippen molar-refractivity contribution in [3.63, 3.8) is 0 Å². The number of benzene rings is 2. The average Bonchev–Trinajstić information content (AvgIpc) is 2.57. The lowest BCUT2D eigenvalue weighted by atomic mass is 10.1. The first-order valence-corrected chi connectivity index (χ1v) is 8.27. The van der Waals surface area contributed by atoms with Crippen LogP contribution in [0.1, 0.15) is 25.8 Å². The predicted octanol–water partition coefficient (Wildman–Crippen LogP) is 4.77. The Morgan fingerprint density at radius 1 is 0.913 bits per heavy atom. The van der Waals surface area contributed by atoms with Gasteiger partial charge in [-0.15, -0.1) is 0 Å². The van der Waals surface area contributed by atoms with E-state index in [-0.39, 0.29) is 0 Å². The summed E-state index contributed by atoms with van der Waals surface area (Å²) >= 11 is 0. The Morgan fingerprint density at radius 3 is 2.17 bits per heavy atom. The maximum Gasteiger partial charge on any atom is 0.119 e. The van der Waals surface area contributed by atoms with Gasteiger partial charge in [0, 0.05) is 12.2 Å². The Bertz CT molecular complexity index is 561. The number of methoxy groups -OCH3 is 1. The van der Waals surface area contributed by atoms with Gasteiger partial charge in [-0.1, -0.05) is 26.0 Å². The fourth-order valence-corrected chi connectivity index (χ4v) is 2.22. The highest BCUT2D eigenvalue weighted by Crippen LogP contribution is 2.17. The van der Waals surface area contributed by atoms with Crippen molar-refractivity contribution in [2.75, 3.05) is 25.6 Å². The third-order valence-electron chi connectivity index (χ3n) is 3.72. The summed E-state index contributed by atoms with van der Waals surface area (Å²) in [6, 6.07) is 16.4. The largest absolute Gasteiger partial charge is 0.497 e. The van der Waals surface area contributed by atoms with Gasteiger partial charge in [0.15, 0.2) is 0 Å². The van der Waals surface area contributed by atoms with Gasteiger partial charge in [0.2, 0.25) is 0 Å². The summed E-state index contributed by atoms with van der Waals surface area (Å²) in [5, 5.41) is 3.44. The lowest BCUT2D eigenvalue weighted by Crippen LogP contribution is -2.05. The fraction of sp³-hybridized carbons (Fsp3) is 0.400. The van der Waals surface area contributed by atoms with E-state index in [9.17, 15) is 0 Å². The molecule has 0 saturated heterocycles. The highest BCUT2D eigenvalue weighted by molar-refractivity contribution is 5.46. The molecule has 0 bridgehead atoms. The fourth-order valence-electron chi connectivity index (χ4n) is 2.22. The molecule has 0 aliphatic heterocycles. The van der Waals surface area contributed by atoms with E-state index in [1.807, 2.05) is 24.3 Å². The standard InChI is InChI=1S/C20H27NO2/c1-16(2)13-15-23-20-10-6-18(7-11-20)21-14-12-17-4-8-19(22-3)9-5-17/h4-11,16,21H,12-15H2,1-3H3. The zero-order valence-electron chi connectivity index (χ0n) is 14.3. The van der Waals surface area contributed by atoms with Crippen LogP contribution in [-0.2, 0) is 6.42 Å². The zero-order valence-corrected chi connectivity index (χ0v) is 14.3. The number of hydrogen-bond acceptors (Lipinski definition) is 3. The maximum atomic E-state index is 5.73. The molecule has 0 aliphatic carbocycles. The van der Waals surface area contributed by atoms with Crippen LogP contribution in [0.15, 0.2) is 48.5 Å². The van der Waals surface area contributed by atoms with Gasteiger partial charge in [-0.3, -0.25) is 0 Å². The molecule has 3 heteroatoms. The maximum absolute atomic E-state index is 5.73. The van der Waals surface area contributed by atoms with Crippen LogP contribution in [0.3, 0.4) is 0 Å². The first kappa shape index (κ1) is 17.2. The van der Waals surface area contributed by atoms with E-state index in [1.54, 1.807) is 7.11 Å². The lowest BCUT2D eigenvalue weighted by molar-refractivity contribution is 0.289. The van der Waals surface area contributed by atoms with Gasteiger partial charge < -0.3 is 14.8 Å². The molecular formula is C20H27NO2. The van der Waals surface area contributed by atoms with Gasteiger partial charge >= 0.3 is 0 Å². The quantitative estimate of drug-likeness (QED) is 0.723. The second-order valence-corrected chi connectivity index (χ2v) is 6.08. The third-order valence-corrected chi connectivity index (χ3v) is 3.72. The normalized spacial score (nSPS) is 10.6. The van der Waals surface area contributed by atoms with Gasteiger partial charge in [-0.2, -0.15) is 0 Å². The molecule has 2 aromatic rings. The minimum Gasteiger partial charge on any atom is -0.497 e. The highest BCUT2D eigenvalue weighted by atomic mass is 16.5. The van der Waals surface area contributed by atoms with Gasteiger partial charge in [-0.05, 0) is 60.7 Å². The Morgan fingerprint density at radius 2 is 1.57 bits per heavy atom. The number of rotatable bonds is 9. The summed E-state index contributed by atoms with van der Waals surface area (Å²) in [5.41, 5.74) is 2.42. The van der Waals surface area contributed by atoms with E-state index in [2.05, 4.69) is 43.4 Å². The first-order chi connectivity index (χ1) is 11.2. The Kier molecular flexibility index (Phi) is 6.79. The van der Waals surface area contributed by atoms with E-state index in [0.29, 0.717) is 5.92 Å². The molecule has 0 saturated carbocycles. The molecule has 0 aliphatic rings. The number of nitrogens with one attached hydrogen (secondary N) is 1. The number of anilines is 1. The summed E-state index contributed by atoms with van der Waals surface area (Å²) in [6.07, 6.45) is 2.07. The SMILES string of the molecule is COc1ccc(CCNc2ccc(OCCC(C)C)cc2)cc1. The summed E-state index contributed by atoms with van der Waals surface area (Å²) in [7, 11) is 1.69. The zero-order chi connectivity index (χ0) is 16.5. The predicted molar refractivity (Wildman–Crippen MR) is 96.6 cm³/mol. The minimum absolute atomic E-state index is 0.675. The molecule has 0 heterocycles. The van der Waals surface area contributed by atoms with Crippen molar-refractivity contribution in [2.24, 2.45) is 5.92 Å². The van der Waals surface area contributed by atoms with Gasteiger partial charge in [0.1, 0.15) is 11.5 Å². The topological polar surface area (TPSA) is 30.5 Å². The second kappa shape index (κ2) is 9.09. The summed E-state index contributed by atoms with van der Waals surface area (Å²) in [6.45, 7) is 6.10. The third kappa shape index (κ3) is 6.23. The van der Waals surface area contributed by atoms with Crippen LogP contribution in [0.4, 0.5) is 5.69 Å². The van der Waals surface area contributed by atoms with Crippen LogP contribution in [0.5, 0.6) is 11.5 Å². The van der Waals surface area contributed by atoms with Crippen LogP contribution in [0.2, 0.25) is 0 Å². The Labute approximate surface area is 139 Å². The Hall–Kier alpha value is -2.16. The van der Waals surface area contributed by atoms with Crippen molar-refractivity contribution in [3.05, 3.63) is 54.1 Å². The monoisotopic (exact) mass is 313 g/mol. The van der Waals surface area contributed by atoms with Crippen molar-refractivity contribution in [1.29, 1.82) is 0 Å². The molecule has 0 radical (unpaired) electrons. The molecule has 2 rings (SSSR count). The van der Waals surface area contributed by atoms with Gasteiger partial charge in [0.05, 0.1) is 13.7 Å². The summed E-state index contributed by atoms with van der Waals surface area (Å²) < 4.78 is 10.9. The molecule has 1 N–H and O–H groups in total. The van der Waals surface area contributed by atoms with Crippen LogP contribution < -0.4 is 14.8 Å². The van der Waals surface area contributed by atoms with E-state index in [1.165, 1.54) is 5.56 Å². The summed E-state index contributed by atoms with van der Waals surface area (Å²) in [4.78, 5) is 0. The molecule has 2 aromatic carbocycles. The molecule has 124 valence electrons. The molecule has 0 fully saturated rings.